The van der Waals surface area contributed by atoms with Crippen LogP contribution in [0.25, 0.3) is 11.3 Å². The minimum atomic E-state index is -6.07. The molecule has 9 nitrogen and oxygen atoms in total. The molecule has 2 heterocycles. The molecule has 2 N–H and O–H groups in total. The number of nitrogens with zero attached hydrogens (tertiary/aromatic N) is 4. The van der Waals surface area contributed by atoms with Gasteiger partial charge in [-0.3, -0.25) is 4.68 Å². The van der Waals surface area contributed by atoms with Gasteiger partial charge in [-0.15, -0.1) is 0 Å². The molecule has 1 aromatic carbocycles. The average Bonchev–Trinajstić information content (AvgIpc) is 3.32. The summed E-state index contributed by atoms with van der Waals surface area (Å²) in [7, 11) is -2.97. The van der Waals surface area contributed by atoms with Crippen LogP contribution in [0.2, 0.25) is 0 Å². The summed E-state index contributed by atoms with van der Waals surface area (Å²) in [6.45, 7) is 5.82. The van der Waals surface area contributed by atoms with Gasteiger partial charge in [-0.25, -0.2) is 18.1 Å². The zero-order chi connectivity index (χ0) is 30.8. The first-order chi connectivity index (χ1) is 18.9. The van der Waals surface area contributed by atoms with Gasteiger partial charge in [0.15, 0.2) is 0 Å². The van der Waals surface area contributed by atoms with Crippen molar-refractivity contribution in [1.82, 2.24) is 19.7 Å². The molecule has 0 aliphatic heterocycles. The Morgan fingerprint density at radius 2 is 1.76 bits per heavy atom. The monoisotopic (exact) mass is 605 g/mol. The molecule has 3 aromatic rings. The zero-order valence-corrected chi connectivity index (χ0v) is 23.9. The fourth-order valence-electron chi connectivity index (χ4n) is 3.65. The molecule has 0 saturated carbocycles. The lowest BCUT2D eigenvalue weighted by Crippen LogP contribution is -2.36. The number of rotatable bonds is 12. The molecule has 0 unspecified atom stereocenters. The van der Waals surface area contributed by atoms with E-state index in [9.17, 15) is 26.7 Å². The maximum atomic E-state index is 15.3. The summed E-state index contributed by atoms with van der Waals surface area (Å²) in [6, 6.07) is 5.95. The Morgan fingerprint density at radius 1 is 1.10 bits per heavy atom. The van der Waals surface area contributed by atoms with Crippen molar-refractivity contribution in [3.8, 4) is 17.1 Å². The highest BCUT2D eigenvalue weighted by Gasteiger charge is 2.62. The molecule has 0 spiro atoms. The number of aliphatic hydroxyl groups excluding tert-OH is 1. The second-order valence-electron chi connectivity index (χ2n) is 10.8. The summed E-state index contributed by atoms with van der Waals surface area (Å²) in [4.78, 5) is 7.28. The van der Waals surface area contributed by atoms with Crippen molar-refractivity contribution in [3.05, 3.63) is 47.8 Å². The van der Waals surface area contributed by atoms with E-state index in [1.165, 1.54) is 37.7 Å². The first kappa shape index (κ1) is 32.2. The molecule has 0 saturated heterocycles. The Labute approximate surface area is 234 Å². The maximum Gasteiger partial charge on any atom is 0.458 e. The van der Waals surface area contributed by atoms with Gasteiger partial charge in [0.2, 0.25) is 11.8 Å². The van der Waals surface area contributed by atoms with E-state index in [1.807, 2.05) is 18.6 Å². The Bertz CT molecular complexity index is 1470. The molecule has 2 aromatic heterocycles. The van der Waals surface area contributed by atoms with Gasteiger partial charge in [0.1, 0.15) is 10.5 Å². The van der Waals surface area contributed by atoms with Gasteiger partial charge in [-0.05, 0) is 24.3 Å². The number of alkyl halides is 5. The largest absolute Gasteiger partial charge is 0.477 e. The molecular weight excluding hydrogens is 573 g/mol. The van der Waals surface area contributed by atoms with Crippen molar-refractivity contribution >= 4 is 16.0 Å². The fraction of sp³-hybridized carbons (Fsp3) is 0.500. The zero-order valence-electron chi connectivity index (χ0n) is 23.1. The third-order valence-corrected chi connectivity index (χ3v) is 7.34. The second kappa shape index (κ2) is 11.9. The van der Waals surface area contributed by atoms with Crippen LogP contribution in [0.5, 0.6) is 5.88 Å². The van der Waals surface area contributed by atoms with E-state index < -0.39 is 63.8 Å². The van der Waals surface area contributed by atoms with Crippen LogP contribution in [0.3, 0.4) is 0 Å². The Morgan fingerprint density at radius 3 is 2.32 bits per heavy atom. The maximum absolute atomic E-state index is 15.3. The molecule has 41 heavy (non-hydrogen) atoms. The van der Waals surface area contributed by atoms with Crippen LogP contribution in [-0.2, 0) is 29.4 Å². The molecule has 0 aliphatic carbocycles. The lowest BCUT2D eigenvalue weighted by molar-refractivity contribution is -0.289. The summed E-state index contributed by atoms with van der Waals surface area (Å²) in [5.41, 5.74) is -3.23. The first-order valence-corrected chi connectivity index (χ1v) is 14.1. The van der Waals surface area contributed by atoms with Crippen molar-refractivity contribution in [3.63, 3.8) is 0 Å². The van der Waals surface area contributed by atoms with Crippen LogP contribution in [0.1, 0.15) is 45.2 Å². The summed E-state index contributed by atoms with van der Waals surface area (Å²) in [6.07, 6.45) is -3.00. The number of aliphatic hydroxyl groups is 1. The van der Waals surface area contributed by atoms with Crippen LogP contribution in [0, 0.1) is 11.3 Å². The van der Waals surface area contributed by atoms with Crippen LogP contribution >= 0.6 is 0 Å². The third kappa shape index (κ3) is 7.50. The lowest BCUT2D eigenvalue weighted by Gasteiger charge is -2.27. The highest BCUT2D eigenvalue weighted by Crippen LogP contribution is 2.50. The minimum absolute atomic E-state index is 0.0671. The van der Waals surface area contributed by atoms with Gasteiger partial charge in [0, 0.05) is 24.2 Å². The standard InChI is InChI=1S/C26H32F5N5O4S/c1-16(2)10-11-17-8-6-7-9-19(17)21-20(25(27,28)26(29,30)31)22(40-15-24(3,4)14-37)34-23(33-21)35-41(38,39)18-12-32-36(5)13-18/h6-9,12-13,16,37H,10-11,14-15H2,1-5H3,(H,33,34,35). The highest BCUT2D eigenvalue weighted by molar-refractivity contribution is 7.92. The number of aromatic nitrogens is 4. The quantitative estimate of drug-likeness (QED) is 0.268. The predicted octanol–water partition coefficient (Wildman–Crippen LogP) is 5.32. The summed E-state index contributed by atoms with van der Waals surface area (Å²) >= 11 is 0. The summed E-state index contributed by atoms with van der Waals surface area (Å²) in [5.74, 6) is -7.28. The van der Waals surface area contributed by atoms with E-state index in [1.54, 1.807) is 12.1 Å². The first-order valence-electron chi connectivity index (χ1n) is 12.6. The van der Waals surface area contributed by atoms with E-state index >= 15 is 8.78 Å². The van der Waals surface area contributed by atoms with E-state index in [2.05, 4.69) is 15.1 Å². The fourth-order valence-corrected chi connectivity index (χ4v) is 4.58. The number of hydrogen-bond acceptors (Lipinski definition) is 7. The number of anilines is 1. The van der Waals surface area contributed by atoms with Gasteiger partial charge in [0.25, 0.3) is 10.0 Å². The smallest absolute Gasteiger partial charge is 0.458 e. The number of benzene rings is 1. The summed E-state index contributed by atoms with van der Waals surface area (Å²) < 4.78 is 107. The van der Waals surface area contributed by atoms with Crippen LogP contribution < -0.4 is 9.46 Å². The van der Waals surface area contributed by atoms with Crippen molar-refractivity contribution in [2.75, 3.05) is 17.9 Å². The van der Waals surface area contributed by atoms with Crippen LogP contribution in [-0.4, -0.2) is 52.7 Å². The Balaban J connectivity index is 2.34. The molecule has 0 amide bonds. The molecule has 0 fully saturated rings. The molecular formula is C26H32F5N5O4S. The van der Waals surface area contributed by atoms with E-state index in [4.69, 9.17) is 4.74 Å². The van der Waals surface area contributed by atoms with Gasteiger partial charge < -0.3 is 9.84 Å². The van der Waals surface area contributed by atoms with Gasteiger partial charge in [-0.1, -0.05) is 52.0 Å². The van der Waals surface area contributed by atoms with Crippen LogP contribution in [0.4, 0.5) is 27.9 Å². The molecule has 15 heteroatoms. The number of sulfonamides is 1. The molecule has 3 rings (SSSR count). The number of ether oxygens (including phenoxy) is 1. The summed E-state index contributed by atoms with van der Waals surface area (Å²) in [5, 5.41) is 13.4. The van der Waals surface area contributed by atoms with Crippen molar-refractivity contribution in [1.29, 1.82) is 0 Å². The molecule has 0 radical (unpaired) electrons. The normalized spacial score (nSPS) is 13.1. The molecule has 0 aliphatic rings. The number of aryl methyl sites for hydroxylation is 2. The second-order valence-corrected chi connectivity index (χ2v) is 12.5. The molecule has 0 atom stereocenters. The topological polar surface area (TPSA) is 119 Å². The SMILES string of the molecule is CC(C)CCc1ccccc1-c1nc(NS(=O)(=O)c2cnn(C)c2)nc(OCC(C)(C)CO)c1C(F)(F)C(F)(F)F. The lowest BCUT2D eigenvalue weighted by atomic mass is 9.93. The van der Waals surface area contributed by atoms with Gasteiger partial charge in [0.05, 0.1) is 25.1 Å². The van der Waals surface area contributed by atoms with E-state index in [0.29, 0.717) is 18.4 Å². The molecule has 0 bridgehead atoms. The average molecular weight is 606 g/mol. The number of nitrogens with one attached hydrogen (secondary N) is 1. The van der Waals surface area contributed by atoms with Crippen molar-refractivity contribution < 1.29 is 40.2 Å². The van der Waals surface area contributed by atoms with Crippen molar-refractivity contribution in [2.45, 2.75) is 57.5 Å². The van der Waals surface area contributed by atoms with Gasteiger partial charge >= 0.3 is 12.1 Å². The van der Waals surface area contributed by atoms with Gasteiger partial charge in [-0.2, -0.15) is 32.0 Å². The minimum Gasteiger partial charge on any atom is -0.477 e. The Kier molecular flexibility index (Phi) is 9.33. The van der Waals surface area contributed by atoms with Crippen molar-refractivity contribution in [2.24, 2.45) is 18.4 Å². The molecule has 226 valence electrons. The van der Waals surface area contributed by atoms with E-state index in [0.717, 1.165) is 12.4 Å². The number of halogens is 5. The number of hydrogen-bond donors (Lipinski definition) is 2. The Hall–Kier alpha value is -3.33. The highest BCUT2D eigenvalue weighted by atomic mass is 32.2. The van der Waals surface area contributed by atoms with Crippen LogP contribution in [0.15, 0.2) is 41.6 Å². The van der Waals surface area contributed by atoms with E-state index in [-0.39, 0.29) is 16.4 Å². The predicted molar refractivity (Wildman–Crippen MR) is 141 cm³/mol. The third-order valence-electron chi connectivity index (χ3n) is 6.05.